The Hall–Kier alpha value is -1.98. The Morgan fingerprint density at radius 3 is 2.61 bits per heavy atom. The highest BCUT2D eigenvalue weighted by Gasteiger charge is 2.08. The minimum absolute atomic E-state index is 0.00141. The number of aromatic nitrogens is 1. The average Bonchev–Trinajstić information content (AvgIpc) is 2.95. The van der Waals surface area contributed by atoms with Gasteiger partial charge in [-0.05, 0) is 18.2 Å². The van der Waals surface area contributed by atoms with E-state index in [4.69, 9.17) is 0 Å². The van der Waals surface area contributed by atoms with Crippen LogP contribution in [0.3, 0.4) is 0 Å². The highest BCUT2D eigenvalue weighted by Crippen LogP contribution is 2.31. The van der Waals surface area contributed by atoms with E-state index in [-0.39, 0.29) is 5.78 Å². The fourth-order valence-electron chi connectivity index (χ4n) is 2.11. The highest BCUT2D eigenvalue weighted by molar-refractivity contribution is 9.10. The summed E-state index contributed by atoms with van der Waals surface area (Å²) in [7, 11) is 3.77. The average molecular weight is 387 g/mol. The maximum atomic E-state index is 12.0. The van der Waals surface area contributed by atoms with Gasteiger partial charge in [-0.2, -0.15) is 0 Å². The summed E-state index contributed by atoms with van der Waals surface area (Å²) in [5.41, 5.74) is 2.69. The van der Waals surface area contributed by atoms with Crippen LogP contribution in [-0.4, -0.2) is 29.8 Å². The van der Waals surface area contributed by atoms with Crippen molar-refractivity contribution in [2.45, 2.75) is 0 Å². The number of allylic oxidation sites excluding steroid dienone is 1. The number of benzene rings is 2. The van der Waals surface area contributed by atoms with Crippen LogP contribution in [0.1, 0.15) is 10.4 Å². The second-order valence-corrected chi connectivity index (χ2v) is 7.30. The Morgan fingerprint density at radius 2 is 1.91 bits per heavy atom. The van der Waals surface area contributed by atoms with Gasteiger partial charge in [-0.25, -0.2) is 4.98 Å². The third-order valence-corrected chi connectivity index (χ3v) is 4.85. The summed E-state index contributed by atoms with van der Waals surface area (Å²) in [4.78, 5) is 18.5. The van der Waals surface area contributed by atoms with E-state index < -0.39 is 0 Å². The van der Waals surface area contributed by atoms with Crippen molar-refractivity contribution in [3.05, 3.63) is 64.8 Å². The normalized spacial score (nSPS) is 11.3. The first-order valence-corrected chi connectivity index (χ1v) is 8.69. The summed E-state index contributed by atoms with van der Waals surface area (Å²) < 4.78 is 2.19. The molecule has 3 nitrogen and oxygen atoms in total. The smallest absolute Gasteiger partial charge is 0.187 e. The summed E-state index contributed by atoms with van der Waals surface area (Å²) in [6.07, 6.45) is 3.33. The maximum absolute atomic E-state index is 12.0. The predicted molar refractivity (Wildman–Crippen MR) is 99.9 cm³/mol. The lowest BCUT2D eigenvalue weighted by Crippen LogP contribution is -2.03. The van der Waals surface area contributed by atoms with Gasteiger partial charge < -0.3 is 4.90 Å². The van der Waals surface area contributed by atoms with E-state index in [1.54, 1.807) is 23.6 Å². The van der Waals surface area contributed by atoms with E-state index in [1.807, 2.05) is 55.4 Å². The number of hydrogen-bond donors (Lipinski definition) is 0. The topological polar surface area (TPSA) is 33.2 Å². The Labute approximate surface area is 147 Å². The molecule has 23 heavy (non-hydrogen) atoms. The molecule has 0 unspecified atom stereocenters. The first-order valence-electron chi connectivity index (χ1n) is 7.08. The molecule has 0 bridgehead atoms. The Kier molecular flexibility index (Phi) is 4.59. The molecule has 0 fully saturated rings. The summed E-state index contributed by atoms with van der Waals surface area (Å²) in [5.74, 6) is -0.00141. The lowest BCUT2D eigenvalue weighted by Gasteiger charge is -2.03. The Morgan fingerprint density at radius 1 is 1.17 bits per heavy atom. The number of hydrogen-bond acceptors (Lipinski definition) is 4. The van der Waals surface area contributed by atoms with Crippen LogP contribution in [0.5, 0.6) is 0 Å². The molecule has 116 valence electrons. The number of nitrogens with zero attached hydrogens (tertiary/aromatic N) is 2. The predicted octanol–water partition coefficient (Wildman–Crippen LogP) is 4.98. The van der Waals surface area contributed by atoms with Gasteiger partial charge >= 0.3 is 0 Å². The molecular weight excluding hydrogens is 372 g/mol. The largest absolute Gasteiger partial charge is 0.383 e. The van der Waals surface area contributed by atoms with Crippen LogP contribution in [0.2, 0.25) is 0 Å². The lowest BCUT2D eigenvalue weighted by molar-refractivity contribution is 0.104. The number of ketones is 1. The summed E-state index contributed by atoms with van der Waals surface area (Å²) in [6.45, 7) is 0. The second-order valence-electron chi connectivity index (χ2n) is 5.35. The molecule has 0 aliphatic heterocycles. The van der Waals surface area contributed by atoms with E-state index in [0.717, 1.165) is 25.3 Å². The number of carbonyl (C=O) groups excluding carboxylic acids is 1. The Balaban J connectivity index is 1.87. The highest BCUT2D eigenvalue weighted by atomic mass is 79.9. The standard InChI is InChI=1S/C18H15BrN2OS/c1-21(2)10-9-16(22)12-3-5-13(6-4-12)18-20-15-8-7-14(19)11-17(15)23-18/h3-11H,1-2H3. The lowest BCUT2D eigenvalue weighted by atomic mass is 10.1. The van der Waals surface area contributed by atoms with Gasteiger partial charge in [0.15, 0.2) is 5.78 Å². The van der Waals surface area contributed by atoms with Crippen LogP contribution in [-0.2, 0) is 0 Å². The van der Waals surface area contributed by atoms with Gasteiger partial charge in [-0.15, -0.1) is 11.3 Å². The number of thiazole rings is 1. The molecule has 3 rings (SSSR count). The molecule has 0 saturated heterocycles. The van der Waals surface area contributed by atoms with Crippen molar-refractivity contribution < 1.29 is 4.79 Å². The van der Waals surface area contributed by atoms with E-state index >= 15 is 0 Å². The zero-order valence-electron chi connectivity index (χ0n) is 12.8. The zero-order valence-corrected chi connectivity index (χ0v) is 15.2. The minimum Gasteiger partial charge on any atom is -0.383 e. The summed E-state index contributed by atoms with van der Waals surface area (Å²) in [6, 6.07) is 13.7. The molecule has 1 aromatic heterocycles. The van der Waals surface area contributed by atoms with Crippen LogP contribution in [0.15, 0.2) is 59.2 Å². The van der Waals surface area contributed by atoms with Crippen LogP contribution in [0.4, 0.5) is 0 Å². The van der Waals surface area contributed by atoms with E-state index in [1.165, 1.54) is 0 Å². The molecule has 0 atom stereocenters. The first kappa shape index (κ1) is 15.9. The van der Waals surface area contributed by atoms with Crippen LogP contribution >= 0.6 is 27.3 Å². The SMILES string of the molecule is CN(C)C=CC(=O)c1ccc(-c2nc3ccc(Br)cc3s2)cc1. The second kappa shape index (κ2) is 6.64. The monoisotopic (exact) mass is 386 g/mol. The number of fused-ring (bicyclic) bond motifs is 1. The maximum Gasteiger partial charge on any atom is 0.187 e. The zero-order chi connectivity index (χ0) is 16.4. The number of carbonyl (C=O) groups is 1. The third kappa shape index (κ3) is 3.68. The van der Waals surface area contributed by atoms with E-state index in [0.29, 0.717) is 5.56 Å². The van der Waals surface area contributed by atoms with Crippen molar-refractivity contribution >= 4 is 43.3 Å². The van der Waals surface area contributed by atoms with Gasteiger partial charge in [0.2, 0.25) is 0 Å². The van der Waals surface area contributed by atoms with Crippen LogP contribution < -0.4 is 0 Å². The molecule has 0 saturated carbocycles. The molecular formula is C18H15BrN2OS. The molecule has 1 heterocycles. The van der Waals surface area contributed by atoms with Crippen LogP contribution in [0.25, 0.3) is 20.8 Å². The molecule has 0 aliphatic rings. The van der Waals surface area contributed by atoms with Gasteiger partial charge in [0, 0.05) is 42.0 Å². The van der Waals surface area contributed by atoms with E-state index in [2.05, 4.69) is 27.0 Å². The minimum atomic E-state index is -0.00141. The number of rotatable bonds is 4. The van der Waals surface area contributed by atoms with E-state index in [9.17, 15) is 4.79 Å². The van der Waals surface area contributed by atoms with Gasteiger partial charge in [0.25, 0.3) is 0 Å². The summed E-state index contributed by atoms with van der Waals surface area (Å²) >= 11 is 5.13. The summed E-state index contributed by atoms with van der Waals surface area (Å²) in [5, 5.41) is 0.959. The Bertz CT molecular complexity index is 882. The van der Waals surface area contributed by atoms with Crippen molar-refractivity contribution in [3.8, 4) is 10.6 Å². The molecule has 0 radical (unpaired) electrons. The van der Waals surface area contributed by atoms with Crippen LogP contribution in [0, 0.1) is 0 Å². The van der Waals surface area contributed by atoms with Crippen molar-refractivity contribution in [1.29, 1.82) is 0 Å². The van der Waals surface area contributed by atoms with Gasteiger partial charge in [0.05, 0.1) is 10.2 Å². The van der Waals surface area contributed by atoms with Crippen molar-refractivity contribution in [2.75, 3.05) is 14.1 Å². The molecule has 5 heteroatoms. The van der Waals surface area contributed by atoms with Crippen molar-refractivity contribution in [3.63, 3.8) is 0 Å². The van der Waals surface area contributed by atoms with Crippen molar-refractivity contribution in [2.24, 2.45) is 0 Å². The van der Waals surface area contributed by atoms with Gasteiger partial charge in [-0.3, -0.25) is 4.79 Å². The first-order chi connectivity index (χ1) is 11.0. The molecule has 0 N–H and O–H groups in total. The molecule has 0 spiro atoms. The van der Waals surface area contributed by atoms with Gasteiger partial charge in [-0.1, -0.05) is 40.2 Å². The quantitative estimate of drug-likeness (QED) is 0.468. The van der Waals surface area contributed by atoms with Crippen molar-refractivity contribution in [1.82, 2.24) is 9.88 Å². The fourth-order valence-corrected chi connectivity index (χ4v) is 3.63. The van der Waals surface area contributed by atoms with Gasteiger partial charge in [0.1, 0.15) is 5.01 Å². The fraction of sp³-hybridized carbons (Fsp3) is 0.111. The molecule has 0 aliphatic carbocycles. The number of halogens is 1. The molecule has 3 aromatic rings. The molecule has 0 amide bonds. The third-order valence-electron chi connectivity index (χ3n) is 3.29. The molecule has 2 aromatic carbocycles.